The van der Waals surface area contributed by atoms with Gasteiger partial charge in [0.15, 0.2) is 0 Å². The number of carbonyl (C=O) groups excluding carboxylic acids is 2. The fourth-order valence-electron chi connectivity index (χ4n) is 4.72. The number of hydrogen-bond donors (Lipinski definition) is 3. The molecule has 1 aliphatic heterocycles. The molecule has 3 N–H and O–H groups in total. The van der Waals surface area contributed by atoms with Crippen LogP contribution in [0.1, 0.15) is 64.5 Å². The quantitative estimate of drug-likeness (QED) is 0.290. The number of esters is 1. The van der Waals surface area contributed by atoms with Gasteiger partial charge in [0.2, 0.25) is 5.91 Å². The van der Waals surface area contributed by atoms with Crippen LogP contribution in [0.4, 0.5) is 11.4 Å². The lowest BCUT2D eigenvalue weighted by Crippen LogP contribution is -2.47. The zero-order valence-electron chi connectivity index (χ0n) is 22.2. The average Bonchev–Trinajstić information content (AvgIpc) is 2.90. The van der Waals surface area contributed by atoms with Crippen molar-refractivity contribution in [3.05, 3.63) is 54.1 Å². The molecule has 0 aliphatic carbocycles. The lowest BCUT2D eigenvalue weighted by molar-refractivity contribution is -0.145. The number of piperidine rings is 1. The number of anilines is 2. The summed E-state index contributed by atoms with van der Waals surface area (Å²) in [6.45, 7) is 8.40. The molecule has 2 atom stereocenters. The molecule has 0 unspecified atom stereocenters. The summed E-state index contributed by atoms with van der Waals surface area (Å²) in [6, 6.07) is 14.9. The molecule has 3 rings (SSSR count). The van der Waals surface area contributed by atoms with E-state index in [0.717, 1.165) is 55.7 Å². The number of rotatable bonds is 12. The van der Waals surface area contributed by atoms with Crippen LogP contribution in [0.5, 0.6) is 5.75 Å². The summed E-state index contributed by atoms with van der Waals surface area (Å²) < 4.78 is 4.95. The van der Waals surface area contributed by atoms with Crippen molar-refractivity contribution >= 4 is 23.3 Å². The van der Waals surface area contributed by atoms with Crippen molar-refractivity contribution in [2.75, 3.05) is 36.0 Å². The maximum atomic E-state index is 12.8. The summed E-state index contributed by atoms with van der Waals surface area (Å²) in [5.41, 5.74) is 2.68. The first kappa shape index (κ1) is 28.5. The fraction of sp³-hybridized carbons (Fsp3) is 0.517. The van der Waals surface area contributed by atoms with Gasteiger partial charge < -0.3 is 30.1 Å². The van der Waals surface area contributed by atoms with Crippen LogP contribution < -0.4 is 15.1 Å². The molecule has 0 aromatic heterocycles. The van der Waals surface area contributed by atoms with Gasteiger partial charge in [-0.1, -0.05) is 25.5 Å². The predicted octanol–water partition coefficient (Wildman–Crippen LogP) is 4.16. The highest BCUT2D eigenvalue weighted by Gasteiger charge is 2.25. The van der Waals surface area contributed by atoms with Crippen LogP contribution in [0.3, 0.4) is 0 Å². The Balaban J connectivity index is 1.54. The average molecular weight is 512 g/mol. The molecule has 1 aliphatic rings. The monoisotopic (exact) mass is 511 g/mol. The summed E-state index contributed by atoms with van der Waals surface area (Å²) in [7, 11) is 0. The number of phenolic OH excluding ortho intramolecular Hbond substituents is 1. The number of aliphatic hydroxyl groups is 1. The van der Waals surface area contributed by atoms with Crippen LogP contribution >= 0.6 is 0 Å². The van der Waals surface area contributed by atoms with Gasteiger partial charge in [-0.3, -0.25) is 9.59 Å². The van der Waals surface area contributed by atoms with Crippen molar-refractivity contribution in [3.8, 4) is 5.75 Å². The minimum Gasteiger partial charge on any atom is -0.508 e. The van der Waals surface area contributed by atoms with Crippen molar-refractivity contribution < 1.29 is 24.5 Å². The third-order valence-corrected chi connectivity index (χ3v) is 6.87. The molecule has 202 valence electrons. The Bertz CT molecular complexity index is 988. The van der Waals surface area contributed by atoms with Crippen molar-refractivity contribution in [1.82, 2.24) is 5.32 Å². The second-order valence-electron chi connectivity index (χ2n) is 9.65. The molecule has 37 heavy (non-hydrogen) atoms. The summed E-state index contributed by atoms with van der Waals surface area (Å²) in [5, 5.41) is 23.7. The SMILES string of the molecule is CCCCN(C(=O)CC(=O)OCC)c1ccc(N2CCC(N[C@@H](C)[C@H](O)c3ccc(O)cc3)CC2)cc1. The normalized spacial score (nSPS) is 15.7. The van der Waals surface area contributed by atoms with E-state index in [1.54, 1.807) is 36.1 Å². The second-order valence-corrected chi connectivity index (χ2v) is 9.65. The van der Waals surface area contributed by atoms with Crippen molar-refractivity contribution in [1.29, 1.82) is 0 Å². The van der Waals surface area contributed by atoms with E-state index in [9.17, 15) is 19.8 Å². The van der Waals surface area contributed by atoms with Gasteiger partial charge >= 0.3 is 5.97 Å². The Hall–Kier alpha value is -3.10. The lowest BCUT2D eigenvalue weighted by Gasteiger charge is -2.36. The maximum Gasteiger partial charge on any atom is 0.315 e. The molecule has 2 aromatic carbocycles. The Morgan fingerprint density at radius 2 is 1.73 bits per heavy atom. The third-order valence-electron chi connectivity index (χ3n) is 6.87. The Labute approximate surface area is 220 Å². The molecule has 0 saturated carbocycles. The molecule has 8 heteroatoms. The van der Waals surface area contributed by atoms with Gasteiger partial charge in [-0.05, 0) is 75.1 Å². The number of benzene rings is 2. The molecule has 1 saturated heterocycles. The van der Waals surface area contributed by atoms with Crippen LogP contribution in [-0.2, 0) is 14.3 Å². The van der Waals surface area contributed by atoms with E-state index in [0.29, 0.717) is 12.6 Å². The zero-order chi connectivity index (χ0) is 26.8. The van der Waals surface area contributed by atoms with Gasteiger partial charge in [0, 0.05) is 43.1 Å². The number of aromatic hydroxyl groups is 1. The molecule has 0 radical (unpaired) electrons. The van der Waals surface area contributed by atoms with Gasteiger partial charge in [-0.25, -0.2) is 0 Å². The second kappa shape index (κ2) is 14.0. The molecule has 0 bridgehead atoms. The first-order valence-electron chi connectivity index (χ1n) is 13.4. The molecule has 1 fully saturated rings. The highest BCUT2D eigenvalue weighted by molar-refractivity contribution is 6.03. The number of nitrogens with one attached hydrogen (secondary N) is 1. The van der Waals surface area contributed by atoms with E-state index < -0.39 is 12.1 Å². The minimum atomic E-state index is -0.645. The van der Waals surface area contributed by atoms with Gasteiger partial charge in [-0.2, -0.15) is 0 Å². The molecular formula is C29H41N3O5. The van der Waals surface area contributed by atoms with Gasteiger partial charge in [0.25, 0.3) is 0 Å². The Morgan fingerprint density at radius 1 is 1.08 bits per heavy atom. The number of phenols is 1. The summed E-state index contributed by atoms with van der Waals surface area (Å²) in [5.74, 6) is -0.545. The van der Waals surface area contributed by atoms with E-state index in [2.05, 4.69) is 17.1 Å². The number of unbranched alkanes of at least 4 members (excludes halogenated alkanes) is 1. The fourth-order valence-corrected chi connectivity index (χ4v) is 4.72. The van der Waals surface area contributed by atoms with E-state index in [1.165, 1.54) is 0 Å². The van der Waals surface area contributed by atoms with Crippen molar-refractivity contribution in [3.63, 3.8) is 0 Å². The summed E-state index contributed by atoms with van der Waals surface area (Å²) in [6.07, 6.45) is 2.82. The predicted molar refractivity (Wildman–Crippen MR) is 146 cm³/mol. The molecule has 1 heterocycles. The van der Waals surface area contributed by atoms with E-state index in [1.807, 2.05) is 31.2 Å². The topological polar surface area (TPSA) is 102 Å². The highest BCUT2D eigenvalue weighted by atomic mass is 16.5. The zero-order valence-corrected chi connectivity index (χ0v) is 22.2. The van der Waals surface area contributed by atoms with Crippen molar-refractivity contribution in [2.24, 2.45) is 0 Å². The number of ether oxygens (including phenoxy) is 1. The first-order chi connectivity index (χ1) is 17.8. The number of hydrogen-bond acceptors (Lipinski definition) is 7. The molecule has 2 aromatic rings. The Kier molecular flexibility index (Phi) is 10.8. The number of aliphatic hydroxyl groups excluding tert-OH is 1. The van der Waals surface area contributed by atoms with Crippen LogP contribution in [0.15, 0.2) is 48.5 Å². The highest BCUT2D eigenvalue weighted by Crippen LogP contribution is 2.26. The molecule has 0 spiro atoms. The van der Waals surface area contributed by atoms with E-state index in [-0.39, 0.29) is 30.7 Å². The van der Waals surface area contributed by atoms with Gasteiger partial charge in [0.1, 0.15) is 12.2 Å². The smallest absolute Gasteiger partial charge is 0.315 e. The van der Waals surface area contributed by atoms with Crippen LogP contribution in [0.25, 0.3) is 0 Å². The van der Waals surface area contributed by atoms with Gasteiger partial charge in [0.05, 0.1) is 12.7 Å². The lowest BCUT2D eigenvalue weighted by atomic mass is 9.99. The Morgan fingerprint density at radius 3 is 2.32 bits per heavy atom. The molecule has 1 amide bonds. The maximum absolute atomic E-state index is 12.8. The van der Waals surface area contributed by atoms with Gasteiger partial charge in [-0.15, -0.1) is 0 Å². The van der Waals surface area contributed by atoms with Crippen LogP contribution in [0, 0.1) is 0 Å². The number of carbonyl (C=O) groups is 2. The standard InChI is InChI=1S/C29H41N3O5/c1-4-6-17-32(27(34)20-28(35)37-5-2)25-11-9-24(10-12-25)31-18-15-23(16-19-31)30-21(3)29(36)22-7-13-26(33)14-8-22/h7-14,21,23,29-30,33,36H,4-6,15-20H2,1-3H3/t21-,29-/m0/s1. The van der Waals surface area contributed by atoms with E-state index >= 15 is 0 Å². The van der Waals surface area contributed by atoms with Crippen molar-refractivity contribution in [2.45, 2.75) is 71.1 Å². The van der Waals surface area contributed by atoms with E-state index in [4.69, 9.17) is 4.74 Å². The van der Waals surface area contributed by atoms with Crippen LogP contribution in [-0.4, -0.2) is 60.4 Å². The summed E-state index contributed by atoms with van der Waals surface area (Å²) in [4.78, 5) is 28.6. The third kappa shape index (κ3) is 8.20. The summed E-state index contributed by atoms with van der Waals surface area (Å²) >= 11 is 0. The minimum absolute atomic E-state index is 0.110. The van der Waals surface area contributed by atoms with Crippen LogP contribution in [0.2, 0.25) is 0 Å². The largest absolute Gasteiger partial charge is 0.508 e. The number of amides is 1. The number of nitrogens with zero attached hydrogens (tertiary/aromatic N) is 2. The molecular weight excluding hydrogens is 470 g/mol. The molecule has 8 nitrogen and oxygen atoms in total. The first-order valence-corrected chi connectivity index (χ1v) is 13.4.